The highest BCUT2D eigenvalue weighted by molar-refractivity contribution is 8.01. The van der Waals surface area contributed by atoms with Gasteiger partial charge in [-0.25, -0.2) is 0 Å². The Balaban J connectivity index is 1.49. The zero-order chi connectivity index (χ0) is 16.1. The van der Waals surface area contributed by atoms with Crippen molar-refractivity contribution in [3.63, 3.8) is 0 Å². The summed E-state index contributed by atoms with van der Waals surface area (Å²) < 4.78 is 0.778. The predicted octanol–water partition coefficient (Wildman–Crippen LogP) is 3.36. The van der Waals surface area contributed by atoms with Gasteiger partial charge in [-0.3, -0.25) is 4.79 Å². The van der Waals surface area contributed by atoms with Crippen molar-refractivity contribution in [1.29, 1.82) is 0 Å². The van der Waals surface area contributed by atoms with E-state index < -0.39 is 0 Å². The van der Waals surface area contributed by atoms with E-state index in [1.807, 2.05) is 6.07 Å². The number of thioether (sulfide) groups is 1. The summed E-state index contributed by atoms with van der Waals surface area (Å²) >= 11 is 2.83. The van der Waals surface area contributed by atoms with Gasteiger partial charge in [0.2, 0.25) is 11.0 Å². The number of carbonyl (C=O) groups is 1. The second-order valence-electron chi connectivity index (χ2n) is 5.22. The lowest BCUT2D eigenvalue weighted by atomic mass is 10.1. The van der Waals surface area contributed by atoms with Crippen molar-refractivity contribution in [1.82, 2.24) is 10.2 Å². The monoisotopic (exact) mass is 346 g/mol. The number of hydrogen-bond donors (Lipinski definition) is 2. The van der Waals surface area contributed by atoms with Crippen molar-refractivity contribution in [2.75, 3.05) is 22.9 Å². The number of nitrogens with zero attached hydrogens (tertiary/aromatic N) is 2. The Hall–Kier alpha value is -1.86. The maximum atomic E-state index is 12.1. The van der Waals surface area contributed by atoms with Crippen molar-refractivity contribution in [2.24, 2.45) is 0 Å². The Morgan fingerprint density at radius 2 is 2.22 bits per heavy atom. The molecule has 1 amide bonds. The molecule has 0 unspecified atom stereocenters. The summed E-state index contributed by atoms with van der Waals surface area (Å²) in [5.41, 5.74) is 3.64. The van der Waals surface area contributed by atoms with E-state index in [-0.39, 0.29) is 5.91 Å². The highest BCUT2D eigenvalue weighted by Crippen LogP contribution is 2.27. The minimum absolute atomic E-state index is 0.0243. The number of anilines is 2. The largest absolute Gasteiger partial charge is 0.357 e. The molecule has 0 saturated carbocycles. The molecular formula is C16H18N4OS2. The van der Waals surface area contributed by atoms with Crippen LogP contribution >= 0.6 is 23.1 Å². The van der Waals surface area contributed by atoms with Gasteiger partial charge < -0.3 is 10.6 Å². The molecule has 0 spiro atoms. The topological polar surface area (TPSA) is 66.9 Å². The summed E-state index contributed by atoms with van der Waals surface area (Å²) in [5.74, 6) is 0.302. The van der Waals surface area contributed by atoms with Crippen LogP contribution in [0.4, 0.5) is 10.8 Å². The molecule has 0 aliphatic heterocycles. The van der Waals surface area contributed by atoms with E-state index in [1.165, 1.54) is 40.6 Å². The van der Waals surface area contributed by atoms with Crippen molar-refractivity contribution in [3.8, 4) is 0 Å². The Labute approximate surface area is 143 Å². The Morgan fingerprint density at radius 3 is 3.09 bits per heavy atom. The Morgan fingerprint density at radius 1 is 1.35 bits per heavy atom. The van der Waals surface area contributed by atoms with Crippen LogP contribution in [0.5, 0.6) is 0 Å². The average Bonchev–Trinajstić information content (AvgIpc) is 3.19. The van der Waals surface area contributed by atoms with E-state index in [1.54, 1.807) is 6.08 Å². The van der Waals surface area contributed by atoms with Crippen molar-refractivity contribution >= 4 is 39.8 Å². The molecule has 0 atom stereocenters. The summed E-state index contributed by atoms with van der Waals surface area (Å²) in [6.07, 6.45) is 5.23. The number of aromatic nitrogens is 2. The first-order valence-electron chi connectivity index (χ1n) is 7.47. The molecule has 0 radical (unpaired) electrons. The van der Waals surface area contributed by atoms with Crippen LogP contribution in [-0.4, -0.2) is 28.4 Å². The van der Waals surface area contributed by atoms with Crippen molar-refractivity contribution in [2.45, 2.75) is 23.6 Å². The standard InChI is InChI=1S/C16H18N4OS2/c1-2-8-17-15-19-20-16(23-15)22-10-14(21)18-13-7-6-11-4-3-5-12(11)9-13/h2,6-7,9H,1,3-5,8,10H2,(H,17,19)(H,18,21). The van der Waals surface area contributed by atoms with Crippen LogP contribution in [0.2, 0.25) is 0 Å². The number of amides is 1. The van der Waals surface area contributed by atoms with E-state index in [0.29, 0.717) is 12.3 Å². The number of fused-ring (bicyclic) bond motifs is 1. The molecule has 1 aromatic carbocycles. The van der Waals surface area contributed by atoms with Gasteiger partial charge in [0.05, 0.1) is 5.75 Å². The SMILES string of the molecule is C=CCNc1nnc(SCC(=O)Nc2ccc3c(c2)CCC3)s1. The molecule has 120 valence electrons. The Kier molecular flexibility index (Phi) is 5.30. The quantitative estimate of drug-likeness (QED) is 0.594. The van der Waals surface area contributed by atoms with Crippen LogP contribution in [0, 0.1) is 0 Å². The highest BCUT2D eigenvalue weighted by Gasteiger charge is 2.12. The van der Waals surface area contributed by atoms with Gasteiger partial charge in [0.15, 0.2) is 4.34 Å². The lowest BCUT2D eigenvalue weighted by Gasteiger charge is -2.06. The lowest BCUT2D eigenvalue weighted by molar-refractivity contribution is -0.113. The fourth-order valence-corrected chi connectivity index (χ4v) is 4.03. The maximum absolute atomic E-state index is 12.1. The zero-order valence-electron chi connectivity index (χ0n) is 12.7. The third kappa shape index (κ3) is 4.33. The average molecular weight is 346 g/mol. The first-order chi connectivity index (χ1) is 11.2. The summed E-state index contributed by atoms with van der Waals surface area (Å²) in [5, 5.41) is 14.8. The van der Waals surface area contributed by atoms with Crippen LogP contribution in [0.1, 0.15) is 17.5 Å². The second-order valence-corrected chi connectivity index (χ2v) is 7.42. The molecule has 5 nitrogen and oxygen atoms in total. The smallest absolute Gasteiger partial charge is 0.234 e. The maximum Gasteiger partial charge on any atom is 0.234 e. The van der Waals surface area contributed by atoms with Gasteiger partial charge in [-0.2, -0.15) is 0 Å². The molecule has 2 N–H and O–H groups in total. The molecule has 0 fully saturated rings. The number of rotatable bonds is 7. The molecule has 3 rings (SSSR count). The van der Waals surface area contributed by atoms with Gasteiger partial charge in [0.1, 0.15) is 0 Å². The number of nitrogens with one attached hydrogen (secondary N) is 2. The van der Waals surface area contributed by atoms with E-state index in [0.717, 1.165) is 28.0 Å². The highest BCUT2D eigenvalue weighted by atomic mass is 32.2. The number of benzene rings is 1. The van der Waals surface area contributed by atoms with E-state index >= 15 is 0 Å². The number of hydrogen-bond acceptors (Lipinski definition) is 6. The molecule has 1 aromatic heterocycles. The van der Waals surface area contributed by atoms with E-state index in [9.17, 15) is 4.79 Å². The summed E-state index contributed by atoms with van der Waals surface area (Å²) in [4.78, 5) is 12.1. The number of carbonyl (C=O) groups excluding carboxylic acids is 1. The van der Waals surface area contributed by atoms with Gasteiger partial charge in [-0.1, -0.05) is 35.2 Å². The van der Waals surface area contributed by atoms with Crippen LogP contribution in [0.25, 0.3) is 0 Å². The normalized spacial score (nSPS) is 12.7. The molecule has 1 aliphatic rings. The van der Waals surface area contributed by atoms with Crippen LogP contribution in [0.3, 0.4) is 0 Å². The van der Waals surface area contributed by atoms with Gasteiger partial charge >= 0.3 is 0 Å². The second kappa shape index (κ2) is 7.61. The summed E-state index contributed by atoms with van der Waals surface area (Å²) in [6, 6.07) is 6.19. The first kappa shape index (κ1) is 16.0. The first-order valence-corrected chi connectivity index (χ1v) is 9.27. The Bertz CT molecular complexity index is 714. The molecule has 7 heteroatoms. The van der Waals surface area contributed by atoms with Crippen molar-refractivity contribution < 1.29 is 4.79 Å². The van der Waals surface area contributed by atoms with Crippen LogP contribution < -0.4 is 10.6 Å². The van der Waals surface area contributed by atoms with Crippen LogP contribution in [-0.2, 0) is 17.6 Å². The minimum Gasteiger partial charge on any atom is -0.357 e. The zero-order valence-corrected chi connectivity index (χ0v) is 14.3. The lowest BCUT2D eigenvalue weighted by Crippen LogP contribution is -2.14. The van der Waals surface area contributed by atoms with E-state index in [2.05, 4.69) is 39.5 Å². The molecule has 0 saturated heterocycles. The van der Waals surface area contributed by atoms with E-state index in [4.69, 9.17) is 0 Å². The van der Waals surface area contributed by atoms with Crippen LogP contribution in [0.15, 0.2) is 35.2 Å². The van der Waals surface area contributed by atoms with Crippen molar-refractivity contribution in [3.05, 3.63) is 42.0 Å². The predicted molar refractivity (Wildman–Crippen MR) is 96.4 cm³/mol. The minimum atomic E-state index is -0.0243. The molecule has 0 bridgehead atoms. The molecule has 2 aromatic rings. The summed E-state index contributed by atoms with van der Waals surface area (Å²) in [6.45, 7) is 4.29. The van der Waals surface area contributed by atoms with Gasteiger partial charge in [0, 0.05) is 12.2 Å². The number of aryl methyl sites for hydroxylation is 2. The van der Waals surface area contributed by atoms with Gasteiger partial charge in [0.25, 0.3) is 0 Å². The summed E-state index contributed by atoms with van der Waals surface area (Å²) in [7, 11) is 0. The molecular weight excluding hydrogens is 328 g/mol. The fourth-order valence-electron chi connectivity index (χ4n) is 2.47. The fraction of sp³-hybridized carbons (Fsp3) is 0.312. The molecule has 23 heavy (non-hydrogen) atoms. The van der Waals surface area contributed by atoms with Gasteiger partial charge in [-0.15, -0.1) is 16.8 Å². The third-order valence-corrected chi connectivity index (χ3v) is 5.53. The third-order valence-electron chi connectivity index (χ3n) is 3.51. The molecule has 1 aliphatic carbocycles. The van der Waals surface area contributed by atoms with Gasteiger partial charge in [-0.05, 0) is 42.5 Å². The molecule has 1 heterocycles.